The minimum absolute atomic E-state index is 0.179. The Morgan fingerprint density at radius 2 is 2.38 bits per heavy atom. The van der Waals surface area contributed by atoms with Crippen LogP contribution >= 0.6 is 0 Å². The maximum Gasteiger partial charge on any atom is 0.209 e. The molecule has 86 valence electrons. The summed E-state index contributed by atoms with van der Waals surface area (Å²) < 4.78 is 0. The number of hydrogen-bond donors (Lipinski definition) is 0. The average molecular weight is 221 g/mol. The highest BCUT2D eigenvalue weighted by Crippen LogP contribution is 2.27. The Morgan fingerprint density at radius 1 is 1.56 bits per heavy atom. The van der Waals surface area contributed by atoms with Crippen LogP contribution in [0, 0.1) is 0 Å². The number of amides is 1. The Hall–Kier alpha value is -1.55. The third-order valence-electron chi connectivity index (χ3n) is 2.89. The van der Waals surface area contributed by atoms with Gasteiger partial charge >= 0.3 is 0 Å². The van der Waals surface area contributed by atoms with Gasteiger partial charge in [-0.3, -0.25) is 4.79 Å². The number of rotatable bonds is 4. The van der Waals surface area contributed by atoms with Gasteiger partial charge in [-0.05, 0) is 25.0 Å². The molecule has 0 radical (unpaired) electrons. The Bertz CT molecular complexity index is 392. The van der Waals surface area contributed by atoms with Gasteiger partial charge < -0.3 is 9.79 Å². The van der Waals surface area contributed by atoms with Crippen molar-refractivity contribution >= 4 is 6.41 Å². The van der Waals surface area contributed by atoms with Crippen LogP contribution in [0.3, 0.4) is 0 Å². The van der Waals surface area contributed by atoms with Gasteiger partial charge in [0.15, 0.2) is 5.75 Å². The summed E-state index contributed by atoms with van der Waals surface area (Å²) in [5, 5.41) is 0. The molecule has 0 spiro atoms. The topological polar surface area (TPSA) is 38.8 Å². The molecule has 1 aliphatic heterocycles. The van der Waals surface area contributed by atoms with E-state index in [1.807, 2.05) is 25.1 Å². The van der Waals surface area contributed by atoms with Crippen molar-refractivity contribution in [1.82, 2.24) is 4.90 Å². The van der Waals surface area contributed by atoms with E-state index in [9.17, 15) is 4.79 Å². The van der Waals surface area contributed by atoms with E-state index in [1.54, 1.807) is 11.9 Å². The van der Waals surface area contributed by atoms with Crippen LogP contribution < -0.4 is 4.89 Å². The van der Waals surface area contributed by atoms with E-state index in [-0.39, 0.29) is 6.04 Å². The van der Waals surface area contributed by atoms with Gasteiger partial charge in [0.25, 0.3) is 0 Å². The lowest BCUT2D eigenvalue weighted by atomic mass is 10.0. The Kier molecular flexibility index (Phi) is 3.10. The third-order valence-corrected chi connectivity index (χ3v) is 2.89. The van der Waals surface area contributed by atoms with Crippen LogP contribution in [-0.4, -0.2) is 24.4 Å². The first kappa shape index (κ1) is 11.0. The van der Waals surface area contributed by atoms with Crippen LogP contribution in [0.5, 0.6) is 5.75 Å². The van der Waals surface area contributed by atoms with Gasteiger partial charge in [-0.15, -0.1) is 0 Å². The molecule has 0 saturated carbocycles. The molecular formula is C12H15NO3. The monoisotopic (exact) mass is 221 g/mol. The van der Waals surface area contributed by atoms with Gasteiger partial charge in [0.05, 0.1) is 0 Å². The molecule has 1 aromatic carbocycles. The maximum atomic E-state index is 10.6. The molecule has 1 aliphatic rings. The van der Waals surface area contributed by atoms with Crippen molar-refractivity contribution in [3.63, 3.8) is 0 Å². The molecule has 0 saturated heterocycles. The number of carbonyl (C=O) groups is 1. The minimum atomic E-state index is 0.179. The standard InChI is InChI=1S/C12H15NO3/c1-9(13(2)8-14)5-10-3-4-11-7-15-16-12(11)6-10/h3-4,6,8-9H,5,7H2,1-2H3. The smallest absolute Gasteiger partial charge is 0.209 e. The second kappa shape index (κ2) is 4.53. The lowest BCUT2D eigenvalue weighted by Gasteiger charge is -2.20. The number of benzene rings is 1. The fourth-order valence-electron chi connectivity index (χ4n) is 1.67. The van der Waals surface area contributed by atoms with E-state index < -0.39 is 0 Å². The van der Waals surface area contributed by atoms with Crippen molar-refractivity contribution in [3.8, 4) is 5.75 Å². The summed E-state index contributed by atoms with van der Waals surface area (Å²) in [5.41, 5.74) is 2.21. The first-order chi connectivity index (χ1) is 7.70. The number of nitrogens with zero attached hydrogens (tertiary/aromatic N) is 1. The van der Waals surface area contributed by atoms with Gasteiger partial charge in [0, 0.05) is 18.7 Å². The third kappa shape index (κ3) is 2.17. The molecule has 16 heavy (non-hydrogen) atoms. The maximum absolute atomic E-state index is 10.6. The molecule has 0 N–H and O–H groups in total. The predicted octanol–water partition coefficient (Wildman–Crippen LogP) is 1.53. The summed E-state index contributed by atoms with van der Waals surface area (Å²) in [4.78, 5) is 22.2. The minimum Gasteiger partial charge on any atom is -0.345 e. The van der Waals surface area contributed by atoms with Gasteiger partial charge in [-0.2, -0.15) is 4.89 Å². The number of hydrogen-bond acceptors (Lipinski definition) is 3. The van der Waals surface area contributed by atoms with Crippen molar-refractivity contribution in [2.24, 2.45) is 0 Å². The zero-order valence-corrected chi connectivity index (χ0v) is 9.47. The molecule has 0 fully saturated rings. The lowest BCUT2D eigenvalue weighted by Crippen LogP contribution is -2.29. The van der Waals surface area contributed by atoms with Crippen molar-refractivity contribution in [1.29, 1.82) is 0 Å². The highest BCUT2D eigenvalue weighted by atomic mass is 17.2. The molecule has 1 unspecified atom stereocenters. The Balaban J connectivity index is 2.08. The van der Waals surface area contributed by atoms with Crippen LogP contribution in [0.15, 0.2) is 18.2 Å². The van der Waals surface area contributed by atoms with Crippen LogP contribution in [0.4, 0.5) is 0 Å². The van der Waals surface area contributed by atoms with Crippen LogP contribution in [-0.2, 0) is 22.7 Å². The molecule has 1 aromatic rings. The van der Waals surface area contributed by atoms with Crippen LogP contribution in [0.25, 0.3) is 0 Å². The van der Waals surface area contributed by atoms with Gasteiger partial charge in [0.1, 0.15) is 6.61 Å². The predicted molar refractivity (Wildman–Crippen MR) is 58.9 cm³/mol. The number of carbonyl (C=O) groups excluding carboxylic acids is 1. The second-order valence-corrected chi connectivity index (χ2v) is 4.11. The van der Waals surface area contributed by atoms with E-state index in [4.69, 9.17) is 9.78 Å². The summed E-state index contributed by atoms with van der Waals surface area (Å²) in [5.74, 6) is 0.790. The van der Waals surface area contributed by atoms with Crippen LogP contribution in [0.1, 0.15) is 18.1 Å². The zero-order chi connectivity index (χ0) is 11.5. The summed E-state index contributed by atoms with van der Waals surface area (Å²) in [6.07, 6.45) is 1.66. The molecule has 1 heterocycles. The fraction of sp³-hybridized carbons (Fsp3) is 0.417. The molecule has 4 nitrogen and oxygen atoms in total. The normalized spacial score (nSPS) is 15.1. The Morgan fingerprint density at radius 3 is 3.12 bits per heavy atom. The molecular weight excluding hydrogens is 206 g/mol. The average Bonchev–Trinajstić information content (AvgIpc) is 2.75. The van der Waals surface area contributed by atoms with Crippen molar-refractivity contribution in [3.05, 3.63) is 29.3 Å². The largest absolute Gasteiger partial charge is 0.345 e. The quantitative estimate of drug-likeness (QED) is 0.571. The molecule has 4 heteroatoms. The molecule has 0 aliphatic carbocycles. The van der Waals surface area contributed by atoms with Crippen molar-refractivity contribution in [2.75, 3.05) is 7.05 Å². The van der Waals surface area contributed by atoms with Gasteiger partial charge in [0.2, 0.25) is 6.41 Å². The van der Waals surface area contributed by atoms with E-state index >= 15 is 0 Å². The Labute approximate surface area is 94.7 Å². The first-order valence-electron chi connectivity index (χ1n) is 5.29. The van der Waals surface area contributed by atoms with Gasteiger partial charge in [-0.1, -0.05) is 12.1 Å². The van der Waals surface area contributed by atoms with E-state index in [1.165, 1.54) is 0 Å². The van der Waals surface area contributed by atoms with Crippen molar-refractivity contribution in [2.45, 2.75) is 26.0 Å². The molecule has 0 bridgehead atoms. The molecule has 2 rings (SSSR count). The fourth-order valence-corrected chi connectivity index (χ4v) is 1.67. The van der Waals surface area contributed by atoms with Crippen molar-refractivity contribution < 1.29 is 14.6 Å². The van der Waals surface area contributed by atoms with Crippen LogP contribution in [0.2, 0.25) is 0 Å². The van der Waals surface area contributed by atoms with Gasteiger partial charge in [-0.25, -0.2) is 0 Å². The summed E-state index contributed by atoms with van der Waals surface area (Å²) in [6, 6.07) is 6.20. The van der Waals surface area contributed by atoms with E-state index in [0.29, 0.717) is 6.61 Å². The first-order valence-corrected chi connectivity index (χ1v) is 5.29. The van der Waals surface area contributed by atoms with E-state index in [2.05, 4.69) is 0 Å². The molecule has 0 aromatic heterocycles. The lowest BCUT2D eigenvalue weighted by molar-refractivity contribution is -0.194. The summed E-state index contributed by atoms with van der Waals surface area (Å²) in [7, 11) is 1.78. The van der Waals surface area contributed by atoms with E-state index in [0.717, 1.165) is 29.7 Å². The SMILES string of the molecule is CC(Cc1ccc2c(c1)OOC2)N(C)C=O. The number of fused-ring (bicyclic) bond motifs is 1. The summed E-state index contributed by atoms with van der Waals surface area (Å²) in [6.45, 7) is 2.53. The molecule has 1 amide bonds. The summed E-state index contributed by atoms with van der Waals surface area (Å²) >= 11 is 0. The number of likely N-dealkylation sites (N-methyl/N-ethyl adjacent to an activating group) is 1. The highest BCUT2D eigenvalue weighted by Gasteiger charge is 2.15. The zero-order valence-electron chi connectivity index (χ0n) is 9.47. The highest BCUT2D eigenvalue weighted by molar-refractivity contribution is 5.47. The second-order valence-electron chi connectivity index (χ2n) is 4.11. The molecule has 1 atom stereocenters.